The number of sulfonamides is 1. The average Bonchev–Trinajstić information content (AvgIpc) is 2.26. The van der Waals surface area contributed by atoms with Gasteiger partial charge in [-0.05, 0) is 31.2 Å². The minimum Gasteiger partial charge on any atom is -0.368 e. The Bertz CT molecular complexity index is 586. The van der Waals surface area contributed by atoms with Crippen LogP contribution in [0.15, 0.2) is 23.1 Å². The molecule has 9 heteroatoms. The van der Waals surface area contributed by atoms with E-state index in [0.717, 1.165) is 18.2 Å². The lowest BCUT2D eigenvalue weighted by molar-refractivity contribution is -0.137. The van der Waals surface area contributed by atoms with Gasteiger partial charge in [0, 0.05) is 0 Å². The van der Waals surface area contributed by atoms with Crippen LogP contribution in [-0.2, 0) is 16.2 Å². The summed E-state index contributed by atoms with van der Waals surface area (Å²) < 4.78 is 63.7. The zero-order chi connectivity index (χ0) is 14.3. The normalized spacial score (nSPS) is 21.6. The molecule has 0 saturated heterocycles. The molecule has 5 nitrogen and oxygen atoms in total. The first-order valence-corrected chi connectivity index (χ1v) is 6.92. The molecule has 1 aromatic carbocycles. The van der Waals surface area contributed by atoms with Crippen LogP contribution in [0.25, 0.3) is 0 Å². The quantitative estimate of drug-likeness (QED) is 0.762. The van der Waals surface area contributed by atoms with Crippen LogP contribution >= 0.6 is 0 Å². The van der Waals surface area contributed by atoms with Gasteiger partial charge in [0.05, 0.1) is 17.4 Å². The second kappa shape index (κ2) is 4.66. The molecule has 0 bridgehead atoms. The summed E-state index contributed by atoms with van der Waals surface area (Å²) in [4.78, 5) is -0.200. The van der Waals surface area contributed by atoms with E-state index in [1.165, 1.54) is 0 Å². The zero-order valence-electron chi connectivity index (χ0n) is 9.66. The third-order valence-electron chi connectivity index (χ3n) is 2.68. The molecular weight excluding hydrogens is 283 g/mol. The molecule has 0 aliphatic carbocycles. The van der Waals surface area contributed by atoms with Crippen molar-refractivity contribution in [2.24, 2.45) is 5.73 Å². The maximum atomic E-state index is 12.6. The Morgan fingerprint density at radius 2 is 2.00 bits per heavy atom. The van der Waals surface area contributed by atoms with Crippen molar-refractivity contribution < 1.29 is 21.6 Å². The van der Waals surface area contributed by atoms with Gasteiger partial charge in [-0.1, -0.05) is 0 Å². The SMILES string of the molecule is NCCC1Nc2cc(C(F)(F)F)ccc2S(=O)(=O)N1. The first-order chi connectivity index (χ1) is 8.74. The molecule has 106 valence electrons. The van der Waals surface area contributed by atoms with Gasteiger partial charge < -0.3 is 11.1 Å². The minimum atomic E-state index is -4.52. The highest BCUT2D eigenvalue weighted by Gasteiger charge is 2.34. The Morgan fingerprint density at radius 3 is 2.58 bits per heavy atom. The molecule has 0 radical (unpaired) electrons. The highest BCUT2D eigenvalue weighted by molar-refractivity contribution is 7.89. The lowest BCUT2D eigenvalue weighted by Gasteiger charge is -2.28. The molecule has 2 rings (SSSR count). The lowest BCUT2D eigenvalue weighted by Crippen LogP contribution is -2.45. The fourth-order valence-corrected chi connectivity index (χ4v) is 3.15. The first-order valence-electron chi connectivity index (χ1n) is 5.44. The summed E-state index contributed by atoms with van der Waals surface area (Å²) in [5.41, 5.74) is 4.35. The van der Waals surface area contributed by atoms with E-state index >= 15 is 0 Å². The van der Waals surface area contributed by atoms with Crippen molar-refractivity contribution in [3.63, 3.8) is 0 Å². The van der Waals surface area contributed by atoms with Crippen LogP contribution in [0.4, 0.5) is 18.9 Å². The molecule has 0 fully saturated rings. The number of nitrogens with two attached hydrogens (primary N) is 1. The van der Waals surface area contributed by atoms with Gasteiger partial charge in [0.25, 0.3) is 0 Å². The Labute approximate surface area is 108 Å². The maximum Gasteiger partial charge on any atom is 0.416 e. The predicted octanol–water partition coefficient (Wildman–Crippen LogP) is 1.08. The summed E-state index contributed by atoms with van der Waals surface area (Å²) in [6.45, 7) is 0.203. The molecule has 1 aliphatic heterocycles. The number of halogens is 3. The summed E-state index contributed by atoms with van der Waals surface area (Å²) >= 11 is 0. The van der Waals surface area contributed by atoms with Crippen LogP contribution in [0.5, 0.6) is 0 Å². The Kier molecular flexibility index (Phi) is 3.45. The van der Waals surface area contributed by atoms with Gasteiger partial charge in [0.2, 0.25) is 10.0 Å². The third kappa shape index (κ3) is 2.82. The number of rotatable bonds is 2. The molecule has 0 aromatic heterocycles. The smallest absolute Gasteiger partial charge is 0.368 e. The van der Waals surface area contributed by atoms with E-state index in [1.54, 1.807) is 0 Å². The standard InChI is InChI=1S/C10H12F3N3O2S/c11-10(12,13)6-1-2-8-7(5-6)15-9(3-4-14)16-19(8,17)18/h1-2,5,9,15-16H,3-4,14H2. The third-order valence-corrected chi connectivity index (χ3v) is 4.21. The van der Waals surface area contributed by atoms with E-state index in [0.29, 0.717) is 0 Å². The number of anilines is 1. The highest BCUT2D eigenvalue weighted by atomic mass is 32.2. The van der Waals surface area contributed by atoms with E-state index in [2.05, 4.69) is 10.0 Å². The molecule has 19 heavy (non-hydrogen) atoms. The van der Waals surface area contributed by atoms with Gasteiger partial charge in [-0.25, -0.2) is 8.42 Å². The van der Waals surface area contributed by atoms with Crippen molar-refractivity contribution in [2.75, 3.05) is 11.9 Å². The van der Waals surface area contributed by atoms with Crippen LogP contribution in [0.1, 0.15) is 12.0 Å². The van der Waals surface area contributed by atoms with Crippen LogP contribution in [0.2, 0.25) is 0 Å². The van der Waals surface area contributed by atoms with Gasteiger partial charge in [0.1, 0.15) is 4.90 Å². The van der Waals surface area contributed by atoms with E-state index in [-0.39, 0.29) is 23.5 Å². The number of hydrogen-bond acceptors (Lipinski definition) is 4. The van der Waals surface area contributed by atoms with Gasteiger partial charge in [-0.15, -0.1) is 0 Å². The van der Waals surface area contributed by atoms with Gasteiger partial charge in [-0.3, -0.25) is 0 Å². The number of benzene rings is 1. The molecule has 1 aliphatic rings. The summed E-state index contributed by atoms with van der Waals surface area (Å²) in [7, 11) is -3.81. The Balaban J connectivity index is 2.46. The van der Waals surface area contributed by atoms with E-state index in [4.69, 9.17) is 5.73 Å². The molecule has 1 aromatic rings. The van der Waals surface area contributed by atoms with Crippen molar-refractivity contribution in [1.29, 1.82) is 0 Å². The van der Waals surface area contributed by atoms with E-state index < -0.39 is 27.9 Å². The Morgan fingerprint density at radius 1 is 1.32 bits per heavy atom. The Hall–Kier alpha value is -1.32. The molecular formula is C10H12F3N3O2S. The van der Waals surface area contributed by atoms with Crippen LogP contribution in [0.3, 0.4) is 0 Å². The number of nitrogens with one attached hydrogen (secondary N) is 2. The fourth-order valence-electron chi connectivity index (χ4n) is 1.82. The average molecular weight is 295 g/mol. The van der Waals surface area contributed by atoms with Gasteiger partial charge >= 0.3 is 6.18 Å². The molecule has 1 unspecified atom stereocenters. The zero-order valence-corrected chi connectivity index (χ0v) is 10.5. The molecule has 1 heterocycles. The molecule has 0 spiro atoms. The number of alkyl halides is 3. The largest absolute Gasteiger partial charge is 0.416 e. The van der Waals surface area contributed by atoms with Crippen LogP contribution in [0, 0.1) is 0 Å². The van der Waals surface area contributed by atoms with Crippen molar-refractivity contribution >= 4 is 15.7 Å². The van der Waals surface area contributed by atoms with Crippen molar-refractivity contribution in [2.45, 2.75) is 23.7 Å². The second-order valence-corrected chi connectivity index (χ2v) is 5.79. The number of hydrogen-bond donors (Lipinski definition) is 3. The monoisotopic (exact) mass is 295 g/mol. The summed E-state index contributed by atoms with van der Waals surface area (Å²) in [6.07, 6.45) is -4.95. The van der Waals surface area contributed by atoms with Crippen LogP contribution in [-0.4, -0.2) is 21.1 Å². The summed E-state index contributed by atoms with van der Waals surface area (Å²) in [6, 6.07) is 2.46. The first kappa shape index (κ1) is 14.1. The molecule has 0 amide bonds. The summed E-state index contributed by atoms with van der Waals surface area (Å²) in [5, 5.41) is 2.70. The van der Waals surface area contributed by atoms with Crippen molar-refractivity contribution in [1.82, 2.24) is 4.72 Å². The molecule has 1 atom stereocenters. The second-order valence-electron chi connectivity index (χ2n) is 4.10. The number of fused-ring (bicyclic) bond motifs is 1. The van der Waals surface area contributed by atoms with Crippen molar-refractivity contribution in [3.05, 3.63) is 23.8 Å². The molecule has 4 N–H and O–H groups in total. The fraction of sp³-hybridized carbons (Fsp3) is 0.400. The highest BCUT2D eigenvalue weighted by Crippen LogP contribution is 2.35. The van der Waals surface area contributed by atoms with E-state index in [1.807, 2.05) is 0 Å². The lowest BCUT2D eigenvalue weighted by atomic mass is 10.2. The molecule has 0 saturated carbocycles. The van der Waals surface area contributed by atoms with Crippen molar-refractivity contribution in [3.8, 4) is 0 Å². The predicted molar refractivity (Wildman–Crippen MR) is 62.8 cm³/mol. The minimum absolute atomic E-state index is 0.0629. The van der Waals surface area contributed by atoms with Gasteiger partial charge in [0.15, 0.2) is 0 Å². The van der Waals surface area contributed by atoms with Crippen LogP contribution < -0.4 is 15.8 Å². The maximum absolute atomic E-state index is 12.6. The van der Waals surface area contributed by atoms with Gasteiger partial charge in [-0.2, -0.15) is 17.9 Å². The summed E-state index contributed by atoms with van der Waals surface area (Å²) in [5.74, 6) is 0. The van der Waals surface area contributed by atoms with E-state index in [9.17, 15) is 21.6 Å². The topological polar surface area (TPSA) is 84.2 Å².